The normalized spacial score (nSPS) is 8.29. The maximum absolute atomic E-state index is 4.10. The minimum atomic E-state index is 0. The quantitative estimate of drug-likeness (QED) is 0.569. The van der Waals surface area contributed by atoms with E-state index in [0.29, 0.717) is 0 Å². The van der Waals surface area contributed by atoms with Gasteiger partial charge < -0.3 is 15.9 Å². The minimum absolute atomic E-state index is 0. The van der Waals surface area contributed by atoms with E-state index in [4.69, 9.17) is 0 Å². The van der Waals surface area contributed by atoms with E-state index in [0.717, 1.165) is 11.2 Å². The van der Waals surface area contributed by atoms with Gasteiger partial charge in [-0.15, -0.1) is 0 Å². The van der Waals surface area contributed by atoms with E-state index < -0.39 is 0 Å². The zero-order valence-electron chi connectivity index (χ0n) is 7.57. The van der Waals surface area contributed by atoms with Crippen LogP contribution in [-0.4, -0.2) is 28.2 Å². The second-order valence-corrected chi connectivity index (χ2v) is 2.53. The van der Waals surface area contributed by atoms with Crippen LogP contribution in [0.25, 0.3) is 0 Å². The number of aromatic amines is 1. The Balaban J connectivity index is 0.000000845. The van der Waals surface area contributed by atoms with Crippen molar-refractivity contribution in [3.8, 4) is 0 Å². The number of H-pyrrole nitrogens is 1. The number of rotatable bonds is 2. The standard InChI is InChI=1S/C9H8BN2.2H2O/c1-2-4-8(5-3-1)10-9-11-6-7-12-9;;/h1-7H,(H,11,12);2*1H2. The first kappa shape index (κ1) is 12.4. The first-order chi connectivity index (χ1) is 5.95. The topological polar surface area (TPSA) is 91.7 Å². The molecule has 1 radical (unpaired) electrons. The van der Waals surface area contributed by atoms with Gasteiger partial charge in [0.1, 0.15) is 0 Å². The summed E-state index contributed by atoms with van der Waals surface area (Å²) in [5.74, 6) is 0. The lowest BCUT2D eigenvalue weighted by molar-refractivity contribution is 0.823. The molecule has 0 aliphatic heterocycles. The van der Waals surface area contributed by atoms with Crippen LogP contribution in [0.1, 0.15) is 0 Å². The highest BCUT2D eigenvalue weighted by molar-refractivity contribution is 6.65. The predicted molar refractivity (Wildman–Crippen MR) is 57.3 cm³/mol. The van der Waals surface area contributed by atoms with Gasteiger partial charge in [-0.05, 0) is 0 Å². The zero-order valence-corrected chi connectivity index (χ0v) is 7.57. The van der Waals surface area contributed by atoms with Crippen LogP contribution in [0.2, 0.25) is 0 Å². The number of aromatic nitrogens is 2. The van der Waals surface area contributed by atoms with Gasteiger partial charge in [-0.3, -0.25) is 4.98 Å². The molecule has 1 heterocycles. The van der Waals surface area contributed by atoms with Crippen LogP contribution in [0.3, 0.4) is 0 Å². The Morgan fingerprint density at radius 3 is 2.36 bits per heavy atom. The van der Waals surface area contributed by atoms with Crippen LogP contribution >= 0.6 is 0 Å². The van der Waals surface area contributed by atoms with E-state index in [1.165, 1.54) is 0 Å². The summed E-state index contributed by atoms with van der Waals surface area (Å²) in [7, 11) is 2.00. The highest BCUT2D eigenvalue weighted by Crippen LogP contribution is 1.80. The molecule has 14 heavy (non-hydrogen) atoms. The molecule has 0 amide bonds. The number of nitrogens with zero attached hydrogens (tertiary/aromatic N) is 1. The summed E-state index contributed by atoms with van der Waals surface area (Å²) in [6.07, 6.45) is 3.56. The number of hydrogen-bond acceptors (Lipinski definition) is 1. The van der Waals surface area contributed by atoms with Gasteiger partial charge in [0.2, 0.25) is 7.28 Å². The molecule has 0 spiro atoms. The van der Waals surface area contributed by atoms with Crippen molar-refractivity contribution >= 4 is 18.5 Å². The highest BCUT2D eigenvalue weighted by atomic mass is 16.0. The summed E-state index contributed by atoms with van der Waals surface area (Å²) < 4.78 is 0. The Bertz CT molecular complexity index is 337. The Labute approximate surface area is 82.9 Å². The first-order valence-corrected chi connectivity index (χ1v) is 3.84. The van der Waals surface area contributed by atoms with Crippen LogP contribution in [0.5, 0.6) is 0 Å². The fourth-order valence-corrected chi connectivity index (χ4v) is 1.06. The molecule has 2 aromatic rings. The number of benzene rings is 1. The third kappa shape index (κ3) is 3.04. The number of imidazole rings is 1. The third-order valence-corrected chi connectivity index (χ3v) is 1.62. The predicted octanol–water partition coefficient (Wildman–Crippen LogP) is -1.58. The fraction of sp³-hybridized carbons (Fsp3) is 0. The van der Waals surface area contributed by atoms with Crippen molar-refractivity contribution < 1.29 is 11.0 Å². The third-order valence-electron chi connectivity index (χ3n) is 1.62. The van der Waals surface area contributed by atoms with E-state index in [1.54, 1.807) is 6.20 Å². The summed E-state index contributed by atoms with van der Waals surface area (Å²) in [5.41, 5.74) is 2.05. The summed E-state index contributed by atoms with van der Waals surface area (Å²) >= 11 is 0. The molecular formula is C9H12BN2O2. The Morgan fingerprint density at radius 1 is 1.07 bits per heavy atom. The van der Waals surface area contributed by atoms with E-state index in [-0.39, 0.29) is 11.0 Å². The molecule has 5 heteroatoms. The SMILES string of the molecule is O.O.[B](c1ccccc1)c1ncc[nH]1. The molecular weight excluding hydrogens is 179 g/mol. The number of nitrogens with one attached hydrogen (secondary N) is 1. The molecule has 4 nitrogen and oxygen atoms in total. The molecule has 0 atom stereocenters. The van der Waals surface area contributed by atoms with Crippen LogP contribution in [-0.2, 0) is 0 Å². The lowest BCUT2D eigenvalue weighted by atomic mass is 9.70. The molecule has 1 aromatic heterocycles. The summed E-state index contributed by atoms with van der Waals surface area (Å²) in [4.78, 5) is 7.12. The zero-order chi connectivity index (χ0) is 8.23. The van der Waals surface area contributed by atoms with Crippen molar-refractivity contribution in [2.24, 2.45) is 0 Å². The first-order valence-electron chi connectivity index (χ1n) is 3.84. The molecule has 5 N–H and O–H groups in total. The van der Waals surface area contributed by atoms with Gasteiger partial charge in [-0.25, -0.2) is 0 Å². The monoisotopic (exact) mass is 191 g/mol. The molecule has 0 saturated heterocycles. The van der Waals surface area contributed by atoms with E-state index in [2.05, 4.69) is 9.97 Å². The van der Waals surface area contributed by atoms with E-state index in [1.807, 2.05) is 43.8 Å². The average molecular weight is 191 g/mol. The van der Waals surface area contributed by atoms with E-state index in [9.17, 15) is 0 Å². The maximum atomic E-state index is 4.10. The van der Waals surface area contributed by atoms with Crippen LogP contribution < -0.4 is 11.2 Å². The van der Waals surface area contributed by atoms with Crippen LogP contribution in [0.4, 0.5) is 0 Å². The highest BCUT2D eigenvalue weighted by Gasteiger charge is 1.98. The van der Waals surface area contributed by atoms with Gasteiger partial charge in [-0.1, -0.05) is 35.8 Å². The Morgan fingerprint density at radius 2 is 1.79 bits per heavy atom. The minimum Gasteiger partial charge on any atom is -0.412 e. The molecule has 0 aliphatic carbocycles. The van der Waals surface area contributed by atoms with Gasteiger partial charge in [0.05, 0.1) is 5.72 Å². The lowest BCUT2D eigenvalue weighted by Crippen LogP contribution is -2.29. The van der Waals surface area contributed by atoms with Gasteiger partial charge in [0.15, 0.2) is 0 Å². The van der Waals surface area contributed by atoms with Crippen LogP contribution in [0.15, 0.2) is 42.7 Å². The molecule has 2 rings (SSSR count). The Kier molecular flexibility index (Phi) is 5.28. The van der Waals surface area contributed by atoms with Crippen molar-refractivity contribution in [2.45, 2.75) is 0 Å². The fourth-order valence-electron chi connectivity index (χ4n) is 1.06. The smallest absolute Gasteiger partial charge is 0.240 e. The average Bonchev–Trinajstić information content (AvgIpc) is 2.59. The molecule has 0 bridgehead atoms. The summed E-state index contributed by atoms with van der Waals surface area (Å²) in [5, 5.41) is 0. The van der Waals surface area contributed by atoms with Crippen molar-refractivity contribution in [1.82, 2.24) is 9.97 Å². The largest absolute Gasteiger partial charge is 0.412 e. The molecule has 73 valence electrons. The van der Waals surface area contributed by atoms with Crippen molar-refractivity contribution in [1.29, 1.82) is 0 Å². The van der Waals surface area contributed by atoms with Gasteiger partial charge in [0, 0.05) is 12.4 Å². The molecule has 0 fully saturated rings. The summed E-state index contributed by atoms with van der Waals surface area (Å²) in [6.45, 7) is 0. The van der Waals surface area contributed by atoms with E-state index >= 15 is 0 Å². The van der Waals surface area contributed by atoms with Gasteiger partial charge in [0.25, 0.3) is 0 Å². The second kappa shape index (κ2) is 5.96. The molecule has 0 unspecified atom stereocenters. The second-order valence-electron chi connectivity index (χ2n) is 2.53. The summed E-state index contributed by atoms with van der Waals surface area (Å²) in [6, 6.07) is 10.1. The van der Waals surface area contributed by atoms with Crippen molar-refractivity contribution in [3.63, 3.8) is 0 Å². The maximum Gasteiger partial charge on any atom is 0.240 e. The van der Waals surface area contributed by atoms with Crippen molar-refractivity contribution in [3.05, 3.63) is 42.7 Å². The molecule has 0 aliphatic rings. The molecule has 1 aromatic carbocycles. The van der Waals surface area contributed by atoms with Gasteiger partial charge in [-0.2, -0.15) is 0 Å². The van der Waals surface area contributed by atoms with Crippen LogP contribution in [0, 0.1) is 0 Å². The Hall–Kier alpha value is -1.59. The number of hydrogen-bond donors (Lipinski definition) is 1. The lowest BCUT2D eigenvalue weighted by Gasteiger charge is -1.93. The van der Waals surface area contributed by atoms with Gasteiger partial charge >= 0.3 is 0 Å². The molecule has 0 saturated carbocycles. The van der Waals surface area contributed by atoms with Crippen molar-refractivity contribution in [2.75, 3.05) is 0 Å².